The monoisotopic (exact) mass is 179 g/mol. The summed E-state index contributed by atoms with van der Waals surface area (Å²) >= 11 is 0. The van der Waals surface area contributed by atoms with Crippen LogP contribution < -0.4 is 5.11 Å². The highest BCUT2D eigenvalue weighted by Gasteiger charge is 2.48. The Bertz CT molecular complexity index is 218. The second kappa shape index (κ2) is 2.49. The summed E-state index contributed by atoms with van der Waals surface area (Å²) in [7, 11) is 0. The van der Waals surface area contributed by atoms with Gasteiger partial charge in [-0.3, -0.25) is 0 Å². The molecule has 0 atom stereocenters. The van der Waals surface area contributed by atoms with E-state index >= 15 is 0 Å². The van der Waals surface area contributed by atoms with Gasteiger partial charge in [0.15, 0.2) is 0 Å². The van der Waals surface area contributed by atoms with Crippen molar-refractivity contribution in [1.29, 1.82) is 0 Å². The molecule has 0 radical (unpaired) electrons. The third-order valence-electron chi connectivity index (χ3n) is 4.50. The molecule has 4 fully saturated rings. The molecule has 4 bridgehead atoms. The van der Waals surface area contributed by atoms with Gasteiger partial charge >= 0.3 is 0 Å². The molecule has 0 aliphatic heterocycles. The molecule has 0 unspecified atom stereocenters. The number of aliphatic carboxylic acids is 1. The van der Waals surface area contributed by atoms with Crippen molar-refractivity contribution in [3.8, 4) is 0 Å². The first kappa shape index (κ1) is 7.84. The number of carboxylic acids is 1. The minimum absolute atomic E-state index is 0.0900. The Balaban J connectivity index is 1.89. The lowest BCUT2D eigenvalue weighted by atomic mass is 9.52. The van der Waals surface area contributed by atoms with E-state index in [1.54, 1.807) is 0 Å². The molecule has 72 valence electrons. The maximum Gasteiger partial charge on any atom is 0.0450 e. The summed E-state index contributed by atoms with van der Waals surface area (Å²) in [6.07, 6.45) is 6.07. The highest BCUT2D eigenvalue weighted by molar-refractivity contribution is 5.69. The Hall–Kier alpha value is -0.530. The van der Waals surface area contributed by atoms with Crippen molar-refractivity contribution in [2.24, 2.45) is 29.6 Å². The fraction of sp³-hybridized carbons (Fsp3) is 0.909. The summed E-state index contributed by atoms with van der Waals surface area (Å²) in [5, 5.41) is 11.0. The fourth-order valence-corrected chi connectivity index (χ4v) is 4.31. The zero-order valence-corrected chi connectivity index (χ0v) is 7.74. The van der Waals surface area contributed by atoms with E-state index in [9.17, 15) is 9.90 Å². The van der Waals surface area contributed by atoms with E-state index in [4.69, 9.17) is 0 Å². The van der Waals surface area contributed by atoms with Crippen LogP contribution in [0.15, 0.2) is 0 Å². The molecule has 2 heteroatoms. The average Bonchev–Trinajstić information content (AvgIpc) is 2.00. The maximum atomic E-state index is 11.0. The van der Waals surface area contributed by atoms with Crippen molar-refractivity contribution in [3.63, 3.8) is 0 Å². The van der Waals surface area contributed by atoms with Gasteiger partial charge in [0.2, 0.25) is 0 Å². The van der Waals surface area contributed by atoms with Gasteiger partial charge in [-0.05, 0) is 55.8 Å². The molecule has 0 aromatic heterocycles. The first-order valence-electron chi connectivity index (χ1n) is 5.45. The minimum atomic E-state index is -0.770. The lowest BCUT2D eigenvalue weighted by Gasteiger charge is -2.54. The molecule has 13 heavy (non-hydrogen) atoms. The van der Waals surface area contributed by atoms with Crippen LogP contribution >= 0.6 is 0 Å². The molecule has 4 aliphatic rings. The number of carbonyl (C=O) groups is 1. The van der Waals surface area contributed by atoms with Gasteiger partial charge in [0.1, 0.15) is 0 Å². The molecule has 2 nitrogen and oxygen atoms in total. The first-order valence-corrected chi connectivity index (χ1v) is 5.45. The van der Waals surface area contributed by atoms with Crippen LogP contribution in [-0.4, -0.2) is 5.97 Å². The third-order valence-corrected chi connectivity index (χ3v) is 4.50. The first-order chi connectivity index (χ1) is 6.24. The molecule has 4 rings (SSSR count). The highest BCUT2D eigenvalue weighted by atomic mass is 16.4. The van der Waals surface area contributed by atoms with Crippen molar-refractivity contribution in [1.82, 2.24) is 0 Å². The van der Waals surface area contributed by atoms with Crippen LogP contribution in [0.4, 0.5) is 0 Å². The van der Waals surface area contributed by atoms with Crippen LogP contribution in [0.5, 0.6) is 0 Å². The molecule has 0 aromatic rings. The van der Waals surface area contributed by atoms with Crippen LogP contribution in [0.2, 0.25) is 0 Å². The minimum Gasteiger partial charge on any atom is -0.550 e. The molecule has 4 saturated carbocycles. The van der Waals surface area contributed by atoms with E-state index in [0.29, 0.717) is 11.8 Å². The molecule has 0 heterocycles. The number of carbonyl (C=O) groups excluding carboxylic acids is 1. The fourth-order valence-electron chi connectivity index (χ4n) is 4.31. The zero-order chi connectivity index (χ0) is 9.00. The van der Waals surface area contributed by atoms with Gasteiger partial charge in [0, 0.05) is 11.9 Å². The van der Waals surface area contributed by atoms with Crippen molar-refractivity contribution >= 4 is 5.97 Å². The highest BCUT2D eigenvalue weighted by Crippen LogP contribution is 2.56. The number of rotatable bonds is 1. The third kappa shape index (κ3) is 1.04. The Labute approximate surface area is 78.3 Å². The lowest BCUT2D eigenvalue weighted by Crippen LogP contribution is -2.51. The molecule has 0 saturated heterocycles. The van der Waals surface area contributed by atoms with Gasteiger partial charge in [-0.25, -0.2) is 0 Å². The number of carboxylic acid groups (broad SMARTS) is 1. The second-order valence-electron chi connectivity index (χ2n) is 5.28. The van der Waals surface area contributed by atoms with Crippen molar-refractivity contribution < 1.29 is 9.90 Å². The van der Waals surface area contributed by atoms with Gasteiger partial charge in [0.25, 0.3) is 0 Å². The Kier molecular flexibility index (Phi) is 1.50. The normalized spacial score (nSPS) is 52.5. The maximum absolute atomic E-state index is 11.0. The van der Waals surface area contributed by atoms with Crippen LogP contribution in [-0.2, 0) is 4.79 Å². The second-order valence-corrected chi connectivity index (χ2v) is 5.28. The van der Waals surface area contributed by atoms with E-state index in [1.165, 1.54) is 32.1 Å². The summed E-state index contributed by atoms with van der Waals surface area (Å²) in [6, 6.07) is 0. The Morgan fingerprint density at radius 1 is 0.923 bits per heavy atom. The molecular weight excluding hydrogens is 164 g/mol. The van der Waals surface area contributed by atoms with Crippen LogP contribution in [0.3, 0.4) is 0 Å². The van der Waals surface area contributed by atoms with E-state index in [1.807, 2.05) is 0 Å². The van der Waals surface area contributed by atoms with Gasteiger partial charge in [-0.2, -0.15) is 0 Å². The topological polar surface area (TPSA) is 40.1 Å². The number of hydrogen-bond donors (Lipinski definition) is 0. The predicted octanol–water partition coefficient (Wildman–Crippen LogP) is 0.809. The molecule has 0 aromatic carbocycles. The SMILES string of the molecule is O=C([O-])C1C2CC3CC(C2)CC1C3. The predicted molar refractivity (Wildman–Crippen MR) is 45.5 cm³/mol. The van der Waals surface area contributed by atoms with E-state index in [2.05, 4.69) is 0 Å². The van der Waals surface area contributed by atoms with Gasteiger partial charge in [-0.1, -0.05) is 0 Å². The Morgan fingerprint density at radius 3 is 1.77 bits per heavy atom. The Morgan fingerprint density at radius 2 is 1.38 bits per heavy atom. The van der Waals surface area contributed by atoms with Crippen LogP contribution in [0.1, 0.15) is 32.1 Å². The number of hydrogen-bond acceptors (Lipinski definition) is 2. The van der Waals surface area contributed by atoms with Crippen molar-refractivity contribution in [2.75, 3.05) is 0 Å². The lowest BCUT2D eigenvalue weighted by molar-refractivity contribution is -0.319. The molecule has 0 amide bonds. The summed E-state index contributed by atoms with van der Waals surface area (Å²) in [5.74, 6) is 1.81. The summed E-state index contributed by atoms with van der Waals surface area (Å²) in [4.78, 5) is 11.0. The molecule has 4 aliphatic carbocycles. The largest absolute Gasteiger partial charge is 0.550 e. The van der Waals surface area contributed by atoms with Gasteiger partial charge < -0.3 is 9.90 Å². The molecule has 0 N–H and O–H groups in total. The average molecular weight is 179 g/mol. The van der Waals surface area contributed by atoms with Crippen molar-refractivity contribution in [2.45, 2.75) is 32.1 Å². The van der Waals surface area contributed by atoms with Crippen molar-refractivity contribution in [3.05, 3.63) is 0 Å². The van der Waals surface area contributed by atoms with E-state index in [0.717, 1.165) is 11.8 Å². The smallest absolute Gasteiger partial charge is 0.0450 e. The summed E-state index contributed by atoms with van der Waals surface area (Å²) in [6.45, 7) is 0. The van der Waals surface area contributed by atoms with E-state index in [-0.39, 0.29) is 5.92 Å². The van der Waals surface area contributed by atoms with E-state index < -0.39 is 5.97 Å². The summed E-state index contributed by atoms with van der Waals surface area (Å²) in [5.41, 5.74) is 0. The molecule has 0 spiro atoms. The zero-order valence-electron chi connectivity index (χ0n) is 7.74. The van der Waals surface area contributed by atoms with Crippen LogP contribution in [0, 0.1) is 29.6 Å². The van der Waals surface area contributed by atoms with Gasteiger partial charge in [-0.15, -0.1) is 0 Å². The quantitative estimate of drug-likeness (QED) is 0.597. The molecular formula is C11H15O2-. The summed E-state index contributed by atoms with van der Waals surface area (Å²) < 4.78 is 0. The van der Waals surface area contributed by atoms with Crippen LogP contribution in [0.25, 0.3) is 0 Å². The van der Waals surface area contributed by atoms with Gasteiger partial charge in [0.05, 0.1) is 0 Å². The standard InChI is InChI=1S/C11H16O2/c12-11(13)10-8-2-6-1-7(4-8)5-9(10)3-6/h6-10H,1-5H2,(H,12,13)/p-1.